The van der Waals surface area contributed by atoms with Gasteiger partial charge in [-0.05, 0) is 48.2 Å². The maximum absolute atomic E-state index is 11.7. The molecule has 0 aromatic carbocycles. The fourth-order valence-electron chi connectivity index (χ4n) is 3.33. The van der Waals surface area contributed by atoms with Crippen LogP contribution in [0.15, 0.2) is 16.8 Å². The Morgan fingerprint density at radius 3 is 3.00 bits per heavy atom. The van der Waals surface area contributed by atoms with E-state index in [-0.39, 0.29) is 0 Å². The van der Waals surface area contributed by atoms with Crippen molar-refractivity contribution in [1.82, 2.24) is 4.90 Å². The second kappa shape index (κ2) is 6.06. The molecule has 0 spiro atoms. The summed E-state index contributed by atoms with van der Waals surface area (Å²) in [6, 6.07) is 2.11. The molecule has 3 nitrogen and oxygen atoms in total. The Morgan fingerprint density at radius 2 is 2.42 bits per heavy atom. The average molecular weight is 281 g/mol. The molecule has 1 aromatic rings. The van der Waals surface area contributed by atoms with Gasteiger partial charge in [-0.15, -0.1) is 0 Å². The lowest BCUT2D eigenvalue weighted by Crippen LogP contribution is -2.44. The third kappa shape index (κ3) is 3.57. The van der Waals surface area contributed by atoms with Crippen molar-refractivity contribution in [2.75, 3.05) is 13.6 Å². The molecule has 1 aliphatic rings. The van der Waals surface area contributed by atoms with Crippen molar-refractivity contribution in [2.24, 2.45) is 11.3 Å². The highest BCUT2D eigenvalue weighted by Crippen LogP contribution is 2.40. The van der Waals surface area contributed by atoms with E-state index in [0.717, 1.165) is 25.8 Å². The Hall–Kier alpha value is -0.870. The van der Waals surface area contributed by atoms with E-state index in [0.29, 0.717) is 12.5 Å². The van der Waals surface area contributed by atoms with Gasteiger partial charge in [0, 0.05) is 13.1 Å². The van der Waals surface area contributed by atoms with Crippen LogP contribution in [0.4, 0.5) is 0 Å². The number of carboxylic acids is 1. The SMILES string of the molecule is CC1CCCC(CN(C)Cc2ccsc2)(C(=O)O)C1. The van der Waals surface area contributed by atoms with E-state index in [1.54, 1.807) is 11.3 Å². The maximum Gasteiger partial charge on any atom is 0.310 e. The van der Waals surface area contributed by atoms with Crippen LogP contribution in [0.5, 0.6) is 0 Å². The summed E-state index contributed by atoms with van der Waals surface area (Å²) in [5, 5.41) is 13.9. The lowest BCUT2D eigenvalue weighted by atomic mass is 9.69. The van der Waals surface area contributed by atoms with Gasteiger partial charge in [0.25, 0.3) is 0 Å². The number of nitrogens with zero attached hydrogens (tertiary/aromatic N) is 1. The molecular formula is C15H23NO2S. The summed E-state index contributed by atoms with van der Waals surface area (Å²) in [7, 11) is 2.03. The molecule has 1 N–H and O–H groups in total. The van der Waals surface area contributed by atoms with Gasteiger partial charge in [0.15, 0.2) is 0 Å². The molecule has 0 amide bonds. The summed E-state index contributed by atoms with van der Waals surface area (Å²) in [6.45, 7) is 3.67. The Balaban J connectivity index is 2.02. The molecule has 1 heterocycles. The largest absolute Gasteiger partial charge is 0.481 e. The van der Waals surface area contributed by atoms with Crippen molar-refractivity contribution in [1.29, 1.82) is 0 Å². The molecule has 1 aliphatic carbocycles. The fraction of sp³-hybridized carbons (Fsp3) is 0.667. The maximum atomic E-state index is 11.7. The number of thiophene rings is 1. The van der Waals surface area contributed by atoms with Crippen LogP contribution >= 0.6 is 11.3 Å². The predicted molar refractivity (Wildman–Crippen MR) is 78.4 cm³/mol. The first-order valence-corrected chi connectivity index (χ1v) is 7.89. The van der Waals surface area contributed by atoms with Crippen molar-refractivity contribution in [2.45, 2.75) is 39.2 Å². The van der Waals surface area contributed by atoms with Crippen LogP contribution in [0.3, 0.4) is 0 Å². The zero-order chi connectivity index (χ0) is 13.9. The highest BCUT2D eigenvalue weighted by molar-refractivity contribution is 7.07. The number of rotatable bonds is 5. The van der Waals surface area contributed by atoms with E-state index in [1.807, 2.05) is 7.05 Å². The molecule has 1 saturated carbocycles. The number of hydrogen-bond donors (Lipinski definition) is 1. The van der Waals surface area contributed by atoms with Crippen molar-refractivity contribution < 1.29 is 9.90 Å². The monoisotopic (exact) mass is 281 g/mol. The molecule has 0 saturated heterocycles. The van der Waals surface area contributed by atoms with Crippen LogP contribution < -0.4 is 0 Å². The minimum absolute atomic E-state index is 0.527. The highest BCUT2D eigenvalue weighted by atomic mass is 32.1. The first kappa shape index (κ1) is 14.5. The normalized spacial score (nSPS) is 27.6. The van der Waals surface area contributed by atoms with Gasteiger partial charge in [-0.1, -0.05) is 19.8 Å². The number of carbonyl (C=O) groups is 1. The van der Waals surface area contributed by atoms with Crippen LogP contribution in [0.25, 0.3) is 0 Å². The zero-order valence-electron chi connectivity index (χ0n) is 11.8. The minimum Gasteiger partial charge on any atom is -0.481 e. The molecule has 0 aliphatic heterocycles. The van der Waals surface area contributed by atoms with Crippen LogP contribution in [-0.4, -0.2) is 29.6 Å². The summed E-state index contributed by atoms with van der Waals surface area (Å²) in [4.78, 5) is 13.9. The predicted octanol–water partition coefficient (Wildman–Crippen LogP) is 3.46. The lowest BCUT2D eigenvalue weighted by molar-refractivity contribution is -0.153. The second-order valence-electron chi connectivity index (χ2n) is 6.09. The average Bonchev–Trinajstić information content (AvgIpc) is 2.81. The third-order valence-corrected chi connectivity index (χ3v) is 4.88. The summed E-state index contributed by atoms with van der Waals surface area (Å²) < 4.78 is 0. The van der Waals surface area contributed by atoms with E-state index in [4.69, 9.17) is 0 Å². The molecule has 1 fully saturated rings. The topological polar surface area (TPSA) is 40.5 Å². The van der Waals surface area contributed by atoms with Gasteiger partial charge in [-0.2, -0.15) is 11.3 Å². The highest BCUT2D eigenvalue weighted by Gasteiger charge is 2.42. The summed E-state index contributed by atoms with van der Waals surface area (Å²) in [6.07, 6.45) is 3.85. The fourth-order valence-corrected chi connectivity index (χ4v) is 3.99. The Morgan fingerprint density at radius 1 is 1.63 bits per heavy atom. The molecular weight excluding hydrogens is 258 g/mol. The molecule has 2 unspecified atom stereocenters. The van der Waals surface area contributed by atoms with Gasteiger partial charge < -0.3 is 10.0 Å². The zero-order valence-corrected chi connectivity index (χ0v) is 12.6. The molecule has 0 radical (unpaired) electrons. The van der Waals surface area contributed by atoms with Gasteiger partial charge in [0.05, 0.1) is 5.41 Å². The molecule has 0 bridgehead atoms. The molecule has 2 rings (SSSR count). The molecule has 19 heavy (non-hydrogen) atoms. The first-order chi connectivity index (χ1) is 9.02. The molecule has 4 heteroatoms. The Kier molecular flexibility index (Phi) is 4.63. The van der Waals surface area contributed by atoms with Gasteiger partial charge >= 0.3 is 5.97 Å². The summed E-state index contributed by atoms with van der Waals surface area (Å²) in [5.74, 6) is -0.0874. The van der Waals surface area contributed by atoms with Gasteiger partial charge in [-0.25, -0.2) is 0 Å². The van der Waals surface area contributed by atoms with Crippen LogP contribution in [0, 0.1) is 11.3 Å². The Bertz CT molecular complexity index is 418. The summed E-state index contributed by atoms with van der Waals surface area (Å²) >= 11 is 1.69. The van der Waals surface area contributed by atoms with E-state index in [2.05, 4.69) is 28.7 Å². The standard InChI is InChI=1S/C15H23NO2S/c1-12-4-3-6-15(8-12,14(17)18)11-16(2)9-13-5-7-19-10-13/h5,7,10,12H,3-4,6,8-9,11H2,1-2H3,(H,17,18). The van der Waals surface area contributed by atoms with Crippen molar-refractivity contribution in [3.63, 3.8) is 0 Å². The Labute approximate surface area is 119 Å². The smallest absolute Gasteiger partial charge is 0.310 e. The van der Waals surface area contributed by atoms with Crippen molar-refractivity contribution in [3.8, 4) is 0 Å². The van der Waals surface area contributed by atoms with Gasteiger partial charge in [-0.3, -0.25) is 4.79 Å². The van der Waals surface area contributed by atoms with E-state index >= 15 is 0 Å². The minimum atomic E-state index is -0.615. The molecule has 1 aromatic heterocycles. The van der Waals surface area contributed by atoms with Crippen molar-refractivity contribution >= 4 is 17.3 Å². The number of aliphatic carboxylic acids is 1. The number of hydrogen-bond acceptors (Lipinski definition) is 3. The quantitative estimate of drug-likeness (QED) is 0.898. The van der Waals surface area contributed by atoms with E-state index < -0.39 is 11.4 Å². The van der Waals surface area contributed by atoms with Gasteiger partial charge in [0.2, 0.25) is 0 Å². The van der Waals surface area contributed by atoms with E-state index in [9.17, 15) is 9.90 Å². The first-order valence-electron chi connectivity index (χ1n) is 6.95. The van der Waals surface area contributed by atoms with Crippen molar-refractivity contribution in [3.05, 3.63) is 22.4 Å². The number of carboxylic acid groups (broad SMARTS) is 1. The van der Waals surface area contributed by atoms with E-state index in [1.165, 1.54) is 12.0 Å². The molecule has 106 valence electrons. The van der Waals surface area contributed by atoms with Crippen LogP contribution in [0.2, 0.25) is 0 Å². The summed E-state index contributed by atoms with van der Waals surface area (Å²) in [5.41, 5.74) is 0.736. The third-order valence-electron chi connectivity index (χ3n) is 4.15. The van der Waals surface area contributed by atoms with Crippen LogP contribution in [0.1, 0.15) is 38.2 Å². The lowest BCUT2D eigenvalue weighted by Gasteiger charge is -2.39. The second-order valence-corrected chi connectivity index (χ2v) is 6.87. The molecule has 2 atom stereocenters. The van der Waals surface area contributed by atoms with Crippen LogP contribution in [-0.2, 0) is 11.3 Å². The van der Waals surface area contributed by atoms with Gasteiger partial charge in [0.1, 0.15) is 0 Å².